The van der Waals surface area contributed by atoms with Gasteiger partial charge in [0.15, 0.2) is 0 Å². The van der Waals surface area contributed by atoms with E-state index < -0.39 is 0 Å². The monoisotopic (exact) mass is 259 g/mol. The molecule has 0 fully saturated rings. The zero-order valence-corrected chi connectivity index (χ0v) is 12.8. The van der Waals surface area contributed by atoms with Crippen molar-refractivity contribution in [2.75, 3.05) is 0 Å². The van der Waals surface area contributed by atoms with Crippen LogP contribution in [-0.4, -0.2) is 5.38 Å². The molecule has 1 heteroatoms. The fourth-order valence-corrected chi connectivity index (χ4v) is 2.56. The summed E-state index contributed by atoms with van der Waals surface area (Å²) < 4.78 is 0. The average molecular weight is 260 g/mol. The molecular formula is C16H32Cl. The van der Waals surface area contributed by atoms with Gasteiger partial charge >= 0.3 is 0 Å². The summed E-state index contributed by atoms with van der Waals surface area (Å²) in [7, 11) is 0. The van der Waals surface area contributed by atoms with Crippen LogP contribution in [-0.2, 0) is 0 Å². The molecule has 0 rings (SSSR count). The average Bonchev–Trinajstić information content (AvgIpc) is 2.32. The molecule has 0 aliphatic carbocycles. The summed E-state index contributed by atoms with van der Waals surface area (Å²) in [6.07, 6.45) is 18.5. The lowest BCUT2D eigenvalue weighted by Crippen LogP contribution is -1.97. The second-order valence-corrected chi connectivity index (χ2v) is 5.83. The minimum absolute atomic E-state index is 0.383. The Kier molecular flexibility index (Phi) is 14.6. The largest absolute Gasteiger partial charge is 0.123 e. The first-order chi connectivity index (χ1) is 8.31. The van der Waals surface area contributed by atoms with Gasteiger partial charge in [-0.3, -0.25) is 0 Å². The maximum absolute atomic E-state index is 6.16. The van der Waals surface area contributed by atoms with Crippen LogP contribution in [0, 0.1) is 6.42 Å². The second kappa shape index (κ2) is 14.4. The van der Waals surface area contributed by atoms with Crippen LogP contribution in [0.4, 0.5) is 0 Å². The Labute approximate surface area is 115 Å². The molecule has 0 saturated heterocycles. The molecule has 0 heterocycles. The molecule has 0 aliphatic rings. The van der Waals surface area contributed by atoms with Crippen molar-refractivity contribution in [1.82, 2.24) is 0 Å². The number of hydrogen-bond donors (Lipinski definition) is 0. The van der Waals surface area contributed by atoms with Crippen molar-refractivity contribution in [3.63, 3.8) is 0 Å². The predicted molar refractivity (Wildman–Crippen MR) is 80.7 cm³/mol. The van der Waals surface area contributed by atoms with E-state index in [1.807, 2.05) is 0 Å². The van der Waals surface area contributed by atoms with Crippen LogP contribution in [0.1, 0.15) is 90.9 Å². The molecule has 0 amide bonds. The van der Waals surface area contributed by atoms with Gasteiger partial charge in [0, 0.05) is 5.38 Å². The first-order valence-corrected chi connectivity index (χ1v) is 8.16. The smallest absolute Gasteiger partial charge is 0.0338 e. The van der Waals surface area contributed by atoms with Crippen LogP contribution < -0.4 is 0 Å². The Bertz CT molecular complexity index is 133. The van der Waals surface area contributed by atoms with Crippen molar-refractivity contribution in [2.45, 2.75) is 96.3 Å². The van der Waals surface area contributed by atoms with E-state index in [9.17, 15) is 0 Å². The van der Waals surface area contributed by atoms with Crippen molar-refractivity contribution < 1.29 is 0 Å². The molecular weight excluding hydrogens is 228 g/mol. The van der Waals surface area contributed by atoms with Crippen LogP contribution in [0.15, 0.2) is 0 Å². The third-order valence-electron chi connectivity index (χ3n) is 3.36. The number of hydrogen-bond acceptors (Lipinski definition) is 0. The van der Waals surface area contributed by atoms with Crippen LogP contribution >= 0.6 is 11.6 Å². The van der Waals surface area contributed by atoms with Gasteiger partial charge in [-0.2, -0.15) is 0 Å². The minimum atomic E-state index is 0.383. The van der Waals surface area contributed by atoms with Gasteiger partial charge in [-0.05, 0) is 19.3 Å². The van der Waals surface area contributed by atoms with E-state index in [1.165, 1.54) is 70.6 Å². The summed E-state index contributed by atoms with van der Waals surface area (Å²) in [6.45, 7) is 4.37. The standard InChI is InChI=1S/C16H32Cl/c1-3-5-6-7-8-9-10-11-12-13-15-16(17)14-4-2/h4,16H,3,5-15H2,1-2H3. The van der Waals surface area contributed by atoms with E-state index in [0.29, 0.717) is 5.38 Å². The highest BCUT2D eigenvalue weighted by molar-refractivity contribution is 6.20. The van der Waals surface area contributed by atoms with E-state index in [1.54, 1.807) is 0 Å². The lowest BCUT2D eigenvalue weighted by molar-refractivity contribution is 0.545. The van der Waals surface area contributed by atoms with Crippen molar-refractivity contribution in [2.24, 2.45) is 0 Å². The zero-order valence-electron chi connectivity index (χ0n) is 12.0. The van der Waals surface area contributed by atoms with E-state index >= 15 is 0 Å². The van der Waals surface area contributed by atoms with Crippen molar-refractivity contribution in [3.05, 3.63) is 6.42 Å². The highest BCUT2D eigenvalue weighted by Gasteiger charge is 2.02. The van der Waals surface area contributed by atoms with Gasteiger partial charge in [0.05, 0.1) is 0 Å². The third-order valence-corrected chi connectivity index (χ3v) is 3.76. The lowest BCUT2D eigenvalue weighted by Gasteiger charge is -2.07. The molecule has 0 aliphatic heterocycles. The molecule has 0 saturated carbocycles. The molecule has 0 aromatic heterocycles. The molecule has 0 aromatic carbocycles. The fourth-order valence-electron chi connectivity index (χ4n) is 2.23. The van der Waals surface area contributed by atoms with E-state index in [-0.39, 0.29) is 0 Å². The highest BCUT2D eigenvalue weighted by atomic mass is 35.5. The summed E-state index contributed by atoms with van der Waals surface area (Å²) in [4.78, 5) is 0. The van der Waals surface area contributed by atoms with Gasteiger partial charge in [-0.15, -0.1) is 11.6 Å². The minimum Gasteiger partial charge on any atom is -0.123 e. The molecule has 1 atom stereocenters. The van der Waals surface area contributed by atoms with Crippen molar-refractivity contribution >= 4 is 11.6 Å². The number of unbranched alkanes of at least 4 members (excludes halogenated alkanes) is 9. The van der Waals surface area contributed by atoms with E-state index in [4.69, 9.17) is 11.6 Å². The SMILES string of the molecule is C[CH]CC(Cl)CCCCCCCCCCCC. The van der Waals surface area contributed by atoms with Crippen LogP contribution in [0.2, 0.25) is 0 Å². The third kappa shape index (κ3) is 14.2. The van der Waals surface area contributed by atoms with Gasteiger partial charge < -0.3 is 0 Å². The van der Waals surface area contributed by atoms with Gasteiger partial charge in [0.25, 0.3) is 0 Å². The van der Waals surface area contributed by atoms with E-state index in [0.717, 1.165) is 6.42 Å². The van der Waals surface area contributed by atoms with Crippen molar-refractivity contribution in [1.29, 1.82) is 0 Å². The molecule has 1 unspecified atom stereocenters. The lowest BCUT2D eigenvalue weighted by atomic mass is 10.0. The first-order valence-electron chi connectivity index (χ1n) is 7.73. The normalized spacial score (nSPS) is 12.9. The highest BCUT2D eigenvalue weighted by Crippen LogP contribution is 2.15. The molecule has 0 nitrogen and oxygen atoms in total. The molecule has 0 spiro atoms. The van der Waals surface area contributed by atoms with Crippen LogP contribution in [0.25, 0.3) is 0 Å². The molecule has 17 heavy (non-hydrogen) atoms. The maximum Gasteiger partial charge on any atom is 0.0338 e. The fraction of sp³-hybridized carbons (Fsp3) is 0.938. The number of rotatable bonds is 13. The van der Waals surface area contributed by atoms with Crippen LogP contribution in [0.5, 0.6) is 0 Å². The summed E-state index contributed by atoms with van der Waals surface area (Å²) in [5, 5.41) is 0.383. The number of halogens is 1. The Morgan fingerprint density at radius 3 is 1.76 bits per heavy atom. The Morgan fingerprint density at radius 1 is 0.824 bits per heavy atom. The summed E-state index contributed by atoms with van der Waals surface area (Å²) in [5.74, 6) is 0. The number of alkyl halides is 1. The molecule has 1 radical (unpaired) electrons. The van der Waals surface area contributed by atoms with Crippen LogP contribution in [0.3, 0.4) is 0 Å². The predicted octanol–water partition coefficient (Wildman–Crippen LogP) is 6.52. The first kappa shape index (κ1) is 17.3. The molecule has 0 bridgehead atoms. The Morgan fingerprint density at radius 2 is 1.29 bits per heavy atom. The van der Waals surface area contributed by atoms with E-state index in [2.05, 4.69) is 20.3 Å². The summed E-state index contributed by atoms with van der Waals surface area (Å²) in [6, 6.07) is 0. The molecule has 103 valence electrons. The summed E-state index contributed by atoms with van der Waals surface area (Å²) >= 11 is 6.16. The van der Waals surface area contributed by atoms with Crippen molar-refractivity contribution in [3.8, 4) is 0 Å². The zero-order chi connectivity index (χ0) is 12.8. The molecule has 0 aromatic rings. The topological polar surface area (TPSA) is 0 Å². The molecule has 0 N–H and O–H groups in total. The quantitative estimate of drug-likeness (QED) is 0.261. The van der Waals surface area contributed by atoms with Gasteiger partial charge in [0.2, 0.25) is 0 Å². The summed E-state index contributed by atoms with van der Waals surface area (Å²) in [5.41, 5.74) is 0. The maximum atomic E-state index is 6.16. The Hall–Kier alpha value is 0.290. The van der Waals surface area contributed by atoms with Gasteiger partial charge in [-0.1, -0.05) is 78.1 Å². The second-order valence-electron chi connectivity index (χ2n) is 5.21. The van der Waals surface area contributed by atoms with Gasteiger partial charge in [-0.25, -0.2) is 0 Å². The Balaban J connectivity index is 2.98. The van der Waals surface area contributed by atoms with Gasteiger partial charge in [0.1, 0.15) is 0 Å².